The lowest BCUT2D eigenvalue weighted by Gasteiger charge is -2.21. The van der Waals surface area contributed by atoms with E-state index in [1.54, 1.807) is 36.4 Å². The van der Waals surface area contributed by atoms with E-state index in [9.17, 15) is 18.8 Å². The predicted molar refractivity (Wildman–Crippen MR) is 123 cm³/mol. The minimum atomic E-state index is -3.09. The monoisotopic (exact) mass is 485 g/mol. The van der Waals surface area contributed by atoms with Crippen LogP contribution in [0.15, 0.2) is 72.8 Å². The van der Waals surface area contributed by atoms with E-state index >= 15 is 0 Å². The molecule has 0 radical (unpaired) electrons. The third kappa shape index (κ3) is 6.69. The van der Waals surface area contributed by atoms with Gasteiger partial charge in [-0.2, -0.15) is 14.0 Å². The van der Waals surface area contributed by atoms with Crippen LogP contribution in [-0.2, 0) is 9.53 Å². The molecule has 0 saturated heterocycles. The van der Waals surface area contributed by atoms with Gasteiger partial charge in [-0.25, -0.2) is 0 Å². The molecule has 8 heteroatoms. The second kappa shape index (κ2) is 12.0. The molecule has 0 heterocycles. The Labute approximate surface area is 201 Å². The molecule has 0 amide bonds. The van der Waals surface area contributed by atoms with Gasteiger partial charge in [-0.15, -0.1) is 0 Å². The summed E-state index contributed by atoms with van der Waals surface area (Å²) in [5.41, 5.74) is 0.633. The van der Waals surface area contributed by atoms with Crippen molar-refractivity contribution in [1.29, 1.82) is 5.26 Å². The van der Waals surface area contributed by atoms with Crippen LogP contribution in [0.25, 0.3) is 0 Å². The first kappa shape index (κ1) is 25.0. The summed E-state index contributed by atoms with van der Waals surface area (Å²) in [6, 6.07) is 21.9. The fourth-order valence-electron chi connectivity index (χ4n) is 3.42. The van der Waals surface area contributed by atoms with Crippen LogP contribution in [0.2, 0.25) is 5.02 Å². The highest BCUT2D eigenvalue weighted by atomic mass is 35.5. The number of hydrogen-bond donors (Lipinski definition) is 0. The minimum Gasteiger partial charge on any atom is -0.457 e. The quantitative estimate of drug-likeness (QED) is 0.279. The third-order valence-electron chi connectivity index (χ3n) is 4.92. The first-order valence-corrected chi connectivity index (χ1v) is 11.0. The molecule has 2 atom stereocenters. The number of esters is 1. The topological polar surface area (TPSA) is 68.6 Å². The van der Waals surface area contributed by atoms with E-state index in [1.165, 1.54) is 18.2 Å². The zero-order valence-electron chi connectivity index (χ0n) is 18.3. The average molecular weight is 486 g/mol. The highest BCUT2D eigenvalue weighted by molar-refractivity contribution is 6.30. The molecular formula is C26H22ClF2NO4. The lowest BCUT2D eigenvalue weighted by molar-refractivity contribution is -0.149. The van der Waals surface area contributed by atoms with Crippen molar-refractivity contribution in [2.24, 2.45) is 0 Å². The molecule has 5 nitrogen and oxygen atoms in total. The molecule has 0 aliphatic rings. The number of nitriles is 1. The van der Waals surface area contributed by atoms with Gasteiger partial charge in [0.2, 0.25) is 6.10 Å². The summed E-state index contributed by atoms with van der Waals surface area (Å²) >= 11 is 5.93. The van der Waals surface area contributed by atoms with Crippen LogP contribution < -0.4 is 9.47 Å². The summed E-state index contributed by atoms with van der Waals surface area (Å²) in [6.07, 6.45) is -0.360. The van der Waals surface area contributed by atoms with E-state index in [1.807, 2.05) is 31.2 Å². The van der Waals surface area contributed by atoms with Gasteiger partial charge < -0.3 is 14.2 Å². The van der Waals surface area contributed by atoms with Crippen LogP contribution in [0.4, 0.5) is 8.78 Å². The molecule has 0 bridgehead atoms. The van der Waals surface area contributed by atoms with Crippen molar-refractivity contribution in [1.82, 2.24) is 0 Å². The molecule has 0 aromatic heterocycles. The zero-order valence-corrected chi connectivity index (χ0v) is 19.0. The molecule has 0 fully saturated rings. The lowest BCUT2D eigenvalue weighted by Crippen LogP contribution is -2.20. The number of halogens is 3. The van der Waals surface area contributed by atoms with Crippen molar-refractivity contribution >= 4 is 17.6 Å². The van der Waals surface area contributed by atoms with Gasteiger partial charge in [-0.05, 0) is 42.8 Å². The standard InChI is InChI=1S/C26H22ClF2NO4/c1-2-7-22(21-13-12-18(27)15-23(21)34-26(28)29)25(31)33-24(16-30)17-8-6-11-20(14-17)32-19-9-4-3-5-10-19/h3-6,8-15,22,24,26H,2,7H2,1H3. The zero-order chi connectivity index (χ0) is 24.5. The fraction of sp³-hybridized carbons (Fsp3) is 0.231. The molecule has 2 unspecified atom stereocenters. The summed E-state index contributed by atoms with van der Waals surface area (Å²) < 4.78 is 41.7. The Balaban J connectivity index is 1.83. The van der Waals surface area contributed by atoms with Crippen LogP contribution in [0.5, 0.6) is 17.2 Å². The normalized spacial score (nSPS) is 12.5. The smallest absolute Gasteiger partial charge is 0.387 e. The van der Waals surface area contributed by atoms with Gasteiger partial charge in [-0.1, -0.05) is 61.3 Å². The number of para-hydroxylation sites is 1. The van der Waals surface area contributed by atoms with E-state index in [-0.39, 0.29) is 16.3 Å². The van der Waals surface area contributed by atoms with Gasteiger partial charge >= 0.3 is 12.6 Å². The highest BCUT2D eigenvalue weighted by Crippen LogP contribution is 2.36. The van der Waals surface area contributed by atoms with Crippen LogP contribution >= 0.6 is 11.6 Å². The van der Waals surface area contributed by atoms with Crippen LogP contribution in [-0.4, -0.2) is 12.6 Å². The number of nitrogens with zero attached hydrogens (tertiary/aromatic N) is 1. The van der Waals surface area contributed by atoms with Crippen molar-refractivity contribution < 1.29 is 27.8 Å². The van der Waals surface area contributed by atoms with Gasteiger partial charge in [-0.3, -0.25) is 4.79 Å². The fourth-order valence-corrected chi connectivity index (χ4v) is 3.58. The molecule has 3 aromatic rings. The molecule has 0 spiro atoms. The summed E-state index contributed by atoms with van der Waals surface area (Å²) in [7, 11) is 0. The third-order valence-corrected chi connectivity index (χ3v) is 5.16. The molecule has 3 aromatic carbocycles. The number of alkyl halides is 2. The number of carbonyl (C=O) groups is 1. The Morgan fingerprint density at radius 3 is 2.44 bits per heavy atom. The van der Waals surface area contributed by atoms with E-state index in [0.717, 1.165) is 0 Å². The first-order valence-electron chi connectivity index (χ1n) is 10.6. The van der Waals surface area contributed by atoms with E-state index < -0.39 is 24.6 Å². The lowest BCUT2D eigenvalue weighted by atomic mass is 9.93. The predicted octanol–water partition coefficient (Wildman–Crippen LogP) is 7.43. The van der Waals surface area contributed by atoms with Crippen molar-refractivity contribution in [2.75, 3.05) is 0 Å². The second-order valence-electron chi connectivity index (χ2n) is 7.34. The maximum atomic E-state index is 13.1. The Bertz CT molecular complexity index is 1150. The number of hydrogen-bond acceptors (Lipinski definition) is 5. The highest BCUT2D eigenvalue weighted by Gasteiger charge is 2.29. The van der Waals surface area contributed by atoms with Gasteiger partial charge in [0.15, 0.2) is 0 Å². The Hall–Kier alpha value is -3.63. The largest absolute Gasteiger partial charge is 0.457 e. The minimum absolute atomic E-state index is 0.188. The van der Waals surface area contributed by atoms with E-state index in [2.05, 4.69) is 4.74 Å². The molecule has 0 N–H and O–H groups in total. The van der Waals surface area contributed by atoms with Crippen LogP contribution in [0, 0.1) is 11.3 Å². The molecule has 176 valence electrons. The SMILES string of the molecule is CCCC(C(=O)OC(C#N)c1cccc(Oc2ccccc2)c1)c1ccc(Cl)cc1OC(F)F. The number of ether oxygens (including phenoxy) is 3. The van der Waals surface area contributed by atoms with Gasteiger partial charge in [0.1, 0.15) is 23.3 Å². The van der Waals surface area contributed by atoms with Crippen LogP contribution in [0.3, 0.4) is 0 Å². The molecule has 0 aliphatic carbocycles. The average Bonchev–Trinajstić information content (AvgIpc) is 2.82. The van der Waals surface area contributed by atoms with Crippen molar-refractivity contribution in [2.45, 2.75) is 38.4 Å². The number of carbonyl (C=O) groups excluding carboxylic acids is 1. The molecule has 0 aliphatic heterocycles. The summed E-state index contributed by atoms with van der Waals surface area (Å²) in [4.78, 5) is 13.1. The Morgan fingerprint density at radius 2 is 1.76 bits per heavy atom. The second-order valence-corrected chi connectivity index (χ2v) is 7.77. The van der Waals surface area contributed by atoms with E-state index in [0.29, 0.717) is 29.9 Å². The molecule has 3 rings (SSSR count). The van der Waals surface area contributed by atoms with Gasteiger partial charge in [0, 0.05) is 16.1 Å². The summed E-state index contributed by atoms with van der Waals surface area (Å²) in [6.45, 7) is -1.24. The van der Waals surface area contributed by atoms with Crippen molar-refractivity contribution in [3.63, 3.8) is 0 Å². The molecular weight excluding hydrogens is 464 g/mol. The summed E-state index contributed by atoms with van der Waals surface area (Å²) in [5.74, 6) is -0.776. The number of benzene rings is 3. The maximum absolute atomic E-state index is 13.1. The first-order chi connectivity index (χ1) is 16.4. The van der Waals surface area contributed by atoms with E-state index in [4.69, 9.17) is 21.1 Å². The van der Waals surface area contributed by atoms with Crippen molar-refractivity contribution in [3.8, 4) is 23.3 Å². The summed E-state index contributed by atoms with van der Waals surface area (Å²) in [5, 5.41) is 9.88. The maximum Gasteiger partial charge on any atom is 0.387 e. The van der Waals surface area contributed by atoms with Gasteiger partial charge in [0.25, 0.3) is 0 Å². The van der Waals surface area contributed by atoms with Crippen molar-refractivity contribution in [3.05, 3.63) is 88.9 Å². The Kier molecular flexibility index (Phi) is 8.83. The molecule has 0 saturated carbocycles. The Morgan fingerprint density at radius 1 is 1.03 bits per heavy atom. The number of rotatable bonds is 10. The van der Waals surface area contributed by atoms with Crippen LogP contribution in [0.1, 0.15) is 42.9 Å². The molecule has 34 heavy (non-hydrogen) atoms. The van der Waals surface area contributed by atoms with Gasteiger partial charge in [0.05, 0.1) is 5.92 Å².